The van der Waals surface area contributed by atoms with E-state index in [1.807, 2.05) is 20.8 Å². The molecule has 0 heterocycles. The Morgan fingerprint density at radius 2 is 1.05 bits per heavy atom. The van der Waals surface area contributed by atoms with Gasteiger partial charge < -0.3 is 101 Å². The number of carbonyl (C=O) groups excluding carboxylic acids is 12. The molecule has 32 nitrogen and oxygen atoms in total. The van der Waals surface area contributed by atoms with E-state index in [4.69, 9.17) is 32.8 Å². The molecular weight excluding hydrogens is 1240 g/mol. The van der Waals surface area contributed by atoms with E-state index < -0.39 is 188 Å². The predicted molar refractivity (Wildman–Crippen MR) is 353 cm³/mol. The van der Waals surface area contributed by atoms with Crippen molar-refractivity contribution in [2.45, 2.75) is 199 Å². The van der Waals surface area contributed by atoms with Gasteiger partial charge in [-0.25, -0.2) is 0 Å². The molecule has 11 amide bonds. The molecule has 22 N–H and O–H groups in total. The number of benzene rings is 1. The summed E-state index contributed by atoms with van der Waals surface area (Å²) in [5.74, 6) is -11.6. The largest absolute Gasteiger partial charge is 0.462 e. The van der Waals surface area contributed by atoms with Crippen LogP contribution in [0.4, 0.5) is 0 Å². The van der Waals surface area contributed by atoms with Gasteiger partial charge in [-0.1, -0.05) is 105 Å². The monoisotopic (exact) mass is 1350 g/mol. The molecule has 1 unspecified atom stereocenters. The van der Waals surface area contributed by atoms with Crippen LogP contribution in [0.3, 0.4) is 0 Å². The maximum Gasteiger partial charge on any atom is 0.325 e. The molecule has 1 rings (SSSR count). The second-order valence-corrected chi connectivity index (χ2v) is 26.2. The Balaban J connectivity index is 3.32. The number of unbranched alkanes of at least 4 members (excludes halogenated alkanes) is 1. The topological polar surface area (TPSA) is 524 Å². The van der Waals surface area contributed by atoms with E-state index in [9.17, 15) is 67.7 Å². The number of guanidine groups is 1. The summed E-state index contributed by atoms with van der Waals surface area (Å²) in [5.41, 5.74) is 23.2. The minimum absolute atomic E-state index is 0.00897. The van der Waals surface area contributed by atoms with Crippen molar-refractivity contribution in [3.63, 3.8) is 0 Å². The molecule has 0 aromatic heterocycles. The van der Waals surface area contributed by atoms with Crippen LogP contribution in [-0.4, -0.2) is 215 Å². The van der Waals surface area contributed by atoms with E-state index in [-0.39, 0.29) is 55.2 Å². The smallest absolute Gasteiger partial charge is 0.325 e. The summed E-state index contributed by atoms with van der Waals surface area (Å²) in [5, 5.41) is 57.4. The SMILES string of the molecule is CC[C@H](C)[C@H](NC(=O)[C@H](CCCCN)NC(=O)CNC(=O)[C@@H](NC(=O)[C@@H](NC(=O)[C@@H](NC(=O)[C@H](Cc1ccccc1)NC(=O)[C@H](C)NC(=O)[C@H](CCCN=C(N)N)NC(=O)CNC(=O)[C@@H](N)CSC(C)(C)C)C(C)C)[C@@H](C)O)[C@@H](C)CC)C(=O)NCC(=O)OCC(O)CO. The van der Waals surface area contributed by atoms with Crippen LogP contribution in [0.2, 0.25) is 0 Å². The first kappa shape index (κ1) is 84.3. The summed E-state index contributed by atoms with van der Waals surface area (Å²) in [4.78, 5) is 167. The van der Waals surface area contributed by atoms with E-state index >= 15 is 0 Å². The zero-order chi connectivity index (χ0) is 71.4. The van der Waals surface area contributed by atoms with Crippen LogP contribution >= 0.6 is 11.8 Å². The number of aliphatic hydroxyl groups is 3. The van der Waals surface area contributed by atoms with Crippen LogP contribution in [-0.2, 0) is 68.7 Å². The number of thioether (sulfide) groups is 1. The molecule has 0 fully saturated rings. The number of carbonyl (C=O) groups is 12. The van der Waals surface area contributed by atoms with Crippen molar-refractivity contribution >= 4 is 88.7 Å². The number of amides is 11. The Kier molecular flexibility index (Phi) is 39.5. The highest BCUT2D eigenvalue weighted by Crippen LogP contribution is 2.23. The van der Waals surface area contributed by atoms with Gasteiger partial charge in [-0.3, -0.25) is 62.5 Å². The van der Waals surface area contributed by atoms with Gasteiger partial charge in [0, 0.05) is 23.5 Å². The molecule has 1 aromatic carbocycles. The number of hydrogen-bond acceptors (Lipinski definition) is 20. The lowest BCUT2D eigenvalue weighted by molar-refractivity contribution is -0.147. The lowest BCUT2D eigenvalue weighted by Crippen LogP contribution is -2.62. The van der Waals surface area contributed by atoms with E-state index in [0.717, 1.165) is 0 Å². The molecule has 94 heavy (non-hydrogen) atoms. The average molecular weight is 1350 g/mol. The number of esters is 1. The van der Waals surface area contributed by atoms with Crippen molar-refractivity contribution in [3.8, 4) is 0 Å². The van der Waals surface area contributed by atoms with E-state index in [1.165, 1.54) is 25.6 Å². The molecule has 532 valence electrons. The van der Waals surface area contributed by atoms with E-state index in [2.05, 4.69) is 63.5 Å². The standard InChI is InChI=1S/C61H106N16O16S/c1-12-34(5)48(57(90)69-29-46(83)93-31-39(80)30-78)75-54(87)41(22-17-18-24-62)71-45(82)28-68-56(89)49(35(6)13-2)76-59(92)50(37(8)79)77-58(91)47(33(3)4)74-55(88)43(26-38-20-15-14-16-21-38)73-51(84)36(7)70-53(86)42(23-19-25-66-60(64)65)72-44(81)27-67-52(85)40(63)32-94-61(9,10)11/h14-16,20-21,33-37,39-43,47-50,78-80H,12-13,17-19,22-32,62-63H2,1-11H3,(H,67,85)(H,68,89)(H,69,90)(H,70,86)(H,71,82)(H,72,81)(H,73,84)(H,74,88)(H,75,87)(H,76,92)(H,77,91)(H4,64,65,66)/t34-,35-,36-,37+,39?,40-,41-,42-,43-,47-,48-,49-,50-/m0/s1. The minimum atomic E-state index is -1.73. The number of ether oxygens (including phenoxy) is 1. The first-order valence-corrected chi connectivity index (χ1v) is 32.6. The third kappa shape index (κ3) is 33.4. The third-order valence-electron chi connectivity index (χ3n) is 14.7. The zero-order valence-corrected chi connectivity index (χ0v) is 56.9. The van der Waals surface area contributed by atoms with Gasteiger partial charge in [-0.05, 0) is 75.8 Å². The first-order chi connectivity index (χ1) is 44.1. The Bertz CT molecular complexity index is 2650. The normalized spacial score (nSPS) is 15.5. The van der Waals surface area contributed by atoms with Crippen molar-refractivity contribution in [3.05, 3.63) is 35.9 Å². The van der Waals surface area contributed by atoms with Gasteiger partial charge in [0.1, 0.15) is 67.6 Å². The lowest BCUT2D eigenvalue weighted by Gasteiger charge is -2.30. The molecule has 0 radical (unpaired) electrons. The molecule has 33 heteroatoms. The van der Waals surface area contributed by atoms with Crippen molar-refractivity contribution in [2.75, 3.05) is 51.7 Å². The molecule has 0 saturated heterocycles. The van der Waals surface area contributed by atoms with Gasteiger partial charge in [0.2, 0.25) is 65.0 Å². The first-order valence-electron chi connectivity index (χ1n) is 31.6. The zero-order valence-electron chi connectivity index (χ0n) is 56.1. The fraction of sp³-hybridized carbons (Fsp3) is 0.689. The molecule has 0 bridgehead atoms. The second-order valence-electron chi connectivity index (χ2n) is 24.4. The predicted octanol–water partition coefficient (Wildman–Crippen LogP) is -4.46. The summed E-state index contributed by atoms with van der Waals surface area (Å²) >= 11 is 1.46. The molecule has 1 aromatic rings. The Morgan fingerprint density at radius 1 is 0.574 bits per heavy atom. The molecule has 0 spiro atoms. The fourth-order valence-corrected chi connectivity index (χ4v) is 9.48. The van der Waals surface area contributed by atoms with Crippen LogP contribution in [0.25, 0.3) is 0 Å². The third-order valence-corrected chi connectivity index (χ3v) is 16.1. The van der Waals surface area contributed by atoms with Crippen LogP contribution in [0.1, 0.15) is 127 Å². The van der Waals surface area contributed by atoms with Crippen LogP contribution < -0.4 is 81.4 Å². The van der Waals surface area contributed by atoms with Crippen molar-refractivity contribution in [2.24, 2.45) is 45.7 Å². The van der Waals surface area contributed by atoms with Gasteiger partial charge in [-0.2, -0.15) is 11.8 Å². The quantitative estimate of drug-likeness (QED) is 0.0127. The van der Waals surface area contributed by atoms with Gasteiger partial charge in [0.15, 0.2) is 5.96 Å². The van der Waals surface area contributed by atoms with Crippen molar-refractivity contribution < 1.29 is 77.6 Å². The number of aliphatic hydroxyl groups excluding tert-OH is 3. The molecule has 13 atom stereocenters. The minimum Gasteiger partial charge on any atom is -0.462 e. The fourth-order valence-electron chi connectivity index (χ4n) is 8.65. The summed E-state index contributed by atoms with van der Waals surface area (Å²) in [7, 11) is 0. The molecular formula is C61H106N16O16S. The summed E-state index contributed by atoms with van der Waals surface area (Å²) < 4.78 is 4.66. The highest BCUT2D eigenvalue weighted by molar-refractivity contribution is 8.00. The van der Waals surface area contributed by atoms with E-state index in [0.29, 0.717) is 31.2 Å². The molecule has 0 aliphatic carbocycles. The van der Waals surface area contributed by atoms with Crippen LogP contribution in [0.15, 0.2) is 35.3 Å². The number of nitrogens with one attached hydrogen (secondary N) is 11. The molecule has 0 aliphatic rings. The van der Waals surface area contributed by atoms with E-state index in [1.54, 1.807) is 71.9 Å². The maximum atomic E-state index is 14.4. The number of rotatable bonds is 44. The number of nitrogens with zero attached hydrogens (tertiary/aromatic N) is 1. The van der Waals surface area contributed by atoms with Gasteiger partial charge in [0.05, 0.1) is 31.8 Å². The highest BCUT2D eigenvalue weighted by Gasteiger charge is 2.37. The second kappa shape index (κ2) is 44.0. The van der Waals surface area contributed by atoms with Crippen molar-refractivity contribution in [1.82, 2.24) is 58.5 Å². The number of hydrogen-bond donors (Lipinski definition) is 18. The van der Waals surface area contributed by atoms with Gasteiger partial charge in [-0.15, -0.1) is 0 Å². The molecule has 0 aliphatic heterocycles. The summed E-state index contributed by atoms with van der Waals surface area (Å²) in [6.07, 6.45) is -1.22. The summed E-state index contributed by atoms with van der Waals surface area (Å²) in [6.45, 7) is 15.8. The number of aliphatic imine (C=N–C) groups is 1. The van der Waals surface area contributed by atoms with Crippen LogP contribution in [0, 0.1) is 17.8 Å². The average Bonchev–Trinajstić information content (AvgIpc) is 0.905. The highest BCUT2D eigenvalue weighted by atomic mass is 32.2. The summed E-state index contributed by atoms with van der Waals surface area (Å²) in [6, 6.07) is -3.31. The lowest BCUT2D eigenvalue weighted by atomic mass is 9.97. The van der Waals surface area contributed by atoms with Gasteiger partial charge in [0.25, 0.3) is 0 Å². The van der Waals surface area contributed by atoms with Crippen LogP contribution in [0.5, 0.6) is 0 Å². The van der Waals surface area contributed by atoms with Gasteiger partial charge >= 0.3 is 5.97 Å². The van der Waals surface area contributed by atoms with Crippen molar-refractivity contribution in [1.29, 1.82) is 0 Å². The Labute approximate surface area is 554 Å². The number of nitrogens with two attached hydrogens (primary N) is 4. The maximum absolute atomic E-state index is 14.4. The Hall–Kier alpha value is -7.72. The Morgan fingerprint density at radius 3 is 1.55 bits per heavy atom. The molecule has 0 saturated carbocycles.